The maximum atomic E-state index is 12.9. The fraction of sp³-hybridized carbons (Fsp3) is 0.358. The Balaban J connectivity index is 0.000000181. The first-order chi connectivity index (χ1) is 33.6. The van der Waals surface area contributed by atoms with Gasteiger partial charge in [-0.3, -0.25) is 34.3 Å². The number of halogens is 2. The number of pyridine rings is 2. The molecule has 2 saturated heterocycles. The first-order valence-electron chi connectivity index (χ1n) is 23.8. The van der Waals surface area contributed by atoms with Crippen molar-refractivity contribution in [2.24, 2.45) is 0 Å². The molecule has 2 atom stereocenters. The highest BCUT2D eigenvalue weighted by Gasteiger charge is 2.38. The van der Waals surface area contributed by atoms with Gasteiger partial charge in [-0.1, -0.05) is 85.1 Å². The summed E-state index contributed by atoms with van der Waals surface area (Å²) in [5.74, 6) is -0.495. The molecule has 2 amide bonds. The van der Waals surface area contributed by atoms with E-state index in [9.17, 15) is 26.4 Å². The van der Waals surface area contributed by atoms with Crippen LogP contribution >= 0.6 is 23.2 Å². The van der Waals surface area contributed by atoms with Crippen LogP contribution in [0, 0.1) is 0 Å². The molecule has 13 nitrogen and oxygen atoms in total. The van der Waals surface area contributed by atoms with Gasteiger partial charge < -0.3 is 0 Å². The van der Waals surface area contributed by atoms with Gasteiger partial charge in [-0.2, -0.15) is 8.61 Å². The molecule has 3 aromatic carbocycles. The molecule has 0 bridgehead atoms. The van der Waals surface area contributed by atoms with Crippen molar-refractivity contribution in [2.75, 3.05) is 71.4 Å². The molecule has 366 valence electrons. The summed E-state index contributed by atoms with van der Waals surface area (Å²) in [7, 11) is -6.42. The van der Waals surface area contributed by atoms with Crippen LogP contribution in [-0.4, -0.2) is 133 Å². The second-order valence-electron chi connectivity index (χ2n) is 18.5. The number of unbranched alkanes of at least 4 members (excludes halogenated alkanes) is 1. The predicted molar refractivity (Wildman–Crippen MR) is 277 cm³/mol. The molecule has 0 spiro atoms. The number of nitrogens with zero attached hydrogens (tertiary/aromatic N) is 7. The van der Waals surface area contributed by atoms with Crippen LogP contribution in [0.3, 0.4) is 0 Å². The summed E-state index contributed by atoms with van der Waals surface area (Å²) in [6, 6.07) is 26.8. The number of amides is 2. The Bertz CT molecular complexity index is 3080. The number of aromatic nitrogens is 2. The van der Waals surface area contributed by atoms with E-state index in [1.165, 1.54) is 38.4 Å². The molecule has 5 aliphatic rings. The highest BCUT2D eigenvalue weighted by molar-refractivity contribution is 7.88. The number of piperazine rings is 2. The lowest BCUT2D eigenvalue weighted by atomic mass is 9.94. The lowest BCUT2D eigenvalue weighted by Gasteiger charge is -2.39. The highest BCUT2D eigenvalue weighted by Crippen LogP contribution is 2.43. The second-order valence-corrected chi connectivity index (χ2v) is 23.3. The van der Waals surface area contributed by atoms with Gasteiger partial charge in [-0.15, -0.1) is 0 Å². The number of rotatable bonds is 11. The summed E-state index contributed by atoms with van der Waals surface area (Å²) >= 11 is 12.8. The molecule has 0 N–H and O–H groups in total. The van der Waals surface area contributed by atoms with E-state index < -0.39 is 20.0 Å². The fourth-order valence-corrected chi connectivity index (χ4v) is 12.5. The molecular weight excluding hydrogens is 966 g/mol. The summed E-state index contributed by atoms with van der Waals surface area (Å²) in [6.45, 7) is 6.83. The number of hydrogen-bond donors (Lipinski definition) is 0. The standard InChI is InChI=1S/C30H29ClN4O4S.C23H28ClN3O2S/c1-40(38,39)34-16-14-33(15-17-34)28-24-11-10-22(31)19-21(24)18-20(23-9-4-12-32-27(23)28)6-5-13-35-29(36)25-7-2-3-8-26(25)30(35)37;1-3-4-6-17-15-18-16-19(24)8-9-21(18)23(22-20(17)7-5-10-25-22)26-11-13-27(14-12-26)30(2,28)29/h2-4,7-12,18-19,28H,5-6,13-17H2,1H3;5,7-10,15-16,23H,3-4,6,11-14H2,1-2H3. The summed E-state index contributed by atoms with van der Waals surface area (Å²) in [6.07, 6.45) is 15.1. The van der Waals surface area contributed by atoms with E-state index in [4.69, 9.17) is 33.2 Å². The summed E-state index contributed by atoms with van der Waals surface area (Å²) < 4.78 is 51.3. The third-order valence-corrected chi connectivity index (χ3v) is 17.0. The lowest BCUT2D eigenvalue weighted by Crippen LogP contribution is -2.49. The largest absolute Gasteiger partial charge is 0.288 e. The maximum absolute atomic E-state index is 12.9. The van der Waals surface area contributed by atoms with Crippen LogP contribution in [0.1, 0.15) is 117 Å². The summed E-state index contributed by atoms with van der Waals surface area (Å²) in [5, 5.41) is 1.35. The van der Waals surface area contributed by atoms with Gasteiger partial charge in [-0.05, 0) is 108 Å². The Hall–Kier alpha value is -5.10. The van der Waals surface area contributed by atoms with Crippen molar-refractivity contribution < 1.29 is 26.4 Å². The lowest BCUT2D eigenvalue weighted by molar-refractivity contribution is 0.0653. The van der Waals surface area contributed by atoms with Crippen LogP contribution in [-0.2, 0) is 20.0 Å². The highest BCUT2D eigenvalue weighted by atomic mass is 35.5. The molecule has 70 heavy (non-hydrogen) atoms. The van der Waals surface area contributed by atoms with Gasteiger partial charge in [-0.25, -0.2) is 16.8 Å². The van der Waals surface area contributed by atoms with E-state index in [1.54, 1.807) is 34.8 Å². The first-order valence-corrected chi connectivity index (χ1v) is 28.3. The topological polar surface area (TPSA) is 144 Å². The number of hydrogen-bond acceptors (Lipinski definition) is 10. The molecule has 0 saturated carbocycles. The molecule has 2 unspecified atom stereocenters. The Morgan fingerprint density at radius 3 is 1.39 bits per heavy atom. The van der Waals surface area contributed by atoms with Crippen molar-refractivity contribution in [1.29, 1.82) is 0 Å². The molecule has 5 heterocycles. The van der Waals surface area contributed by atoms with E-state index in [0.29, 0.717) is 87.9 Å². The number of sulfonamides is 2. The number of fused-ring (bicyclic) bond motifs is 5. The average Bonchev–Trinajstić information content (AvgIpc) is 3.43. The van der Waals surface area contributed by atoms with Crippen LogP contribution in [0.4, 0.5) is 0 Å². The molecular formula is C53H57Cl2N7O6S2. The number of allylic oxidation sites excluding steroid dienone is 2. The van der Waals surface area contributed by atoms with Crippen molar-refractivity contribution in [2.45, 2.75) is 51.1 Å². The van der Waals surface area contributed by atoms with Gasteiger partial charge in [0.25, 0.3) is 11.8 Å². The predicted octanol–water partition coefficient (Wildman–Crippen LogP) is 8.78. The SMILES string of the molecule is CCCCC1=Cc2cc(Cl)ccc2C(N2CCN(S(C)(=O)=O)CC2)c2ncccc21.CS(=O)(=O)N1CCN(C2c3ccc(Cl)cc3C=C(CCCN3C(=O)c4ccccc4C3=O)c3cccnc32)CC1. The molecule has 2 aromatic heterocycles. The van der Waals surface area contributed by atoms with Crippen molar-refractivity contribution in [1.82, 2.24) is 33.3 Å². The quantitative estimate of drug-likeness (QED) is 0.118. The van der Waals surface area contributed by atoms with Crippen LogP contribution in [0.15, 0.2) is 97.3 Å². The third-order valence-electron chi connectivity index (χ3n) is 14.0. The molecule has 3 aliphatic heterocycles. The monoisotopic (exact) mass is 1020 g/mol. The third kappa shape index (κ3) is 10.4. The van der Waals surface area contributed by atoms with Gasteiger partial charge >= 0.3 is 0 Å². The zero-order chi connectivity index (χ0) is 49.3. The van der Waals surface area contributed by atoms with Gasteiger partial charge in [0.05, 0.1) is 47.1 Å². The Morgan fingerprint density at radius 2 is 0.971 bits per heavy atom. The average molecular weight is 1020 g/mol. The summed E-state index contributed by atoms with van der Waals surface area (Å²) in [4.78, 5) is 41.4. The van der Waals surface area contributed by atoms with Crippen LogP contribution in [0.5, 0.6) is 0 Å². The molecule has 10 rings (SSSR count). The normalized spacial score (nSPS) is 19.9. The van der Waals surface area contributed by atoms with Gasteiger partial charge in [0, 0.05) is 92.5 Å². The second kappa shape index (κ2) is 20.9. The zero-order valence-electron chi connectivity index (χ0n) is 39.6. The minimum Gasteiger partial charge on any atom is -0.288 e. The van der Waals surface area contributed by atoms with Crippen molar-refractivity contribution in [3.05, 3.63) is 163 Å². The van der Waals surface area contributed by atoms with Crippen LogP contribution < -0.4 is 0 Å². The molecule has 0 radical (unpaired) electrons. The first kappa shape index (κ1) is 49.9. The number of imide groups is 1. The van der Waals surface area contributed by atoms with Gasteiger partial charge in [0.1, 0.15) is 0 Å². The van der Waals surface area contributed by atoms with Gasteiger partial charge in [0.15, 0.2) is 0 Å². The minimum absolute atomic E-state index is 0.0226. The summed E-state index contributed by atoms with van der Waals surface area (Å²) in [5.41, 5.74) is 11.8. The van der Waals surface area contributed by atoms with E-state index in [0.717, 1.165) is 63.5 Å². The van der Waals surface area contributed by atoms with Crippen LogP contribution in [0.2, 0.25) is 10.0 Å². The van der Waals surface area contributed by atoms with Crippen molar-refractivity contribution >= 4 is 78.4 Å². The smallest absolute Gasteiger partial charge is 0.261 e. The zero-order valence-corrected chi connectivity index (χ0v) is 42.7. The van der Waals surface area contributed by atoms with Gasteiger partial charge in [0.2, 0.25) is 20.0 Å². The minimum atomic E-state index is -3.25. The van der Waals surface area contributed by atoms with E-state index in [-0.39, 0.29) is 23.9 Å². The fourth-order valence-electron chi connectivity index (χ4n) is 10.5. The van der Waals surface area contributed by atoms with E-state index in [1.807, 2.05) is 48.7 Å². The molecule has 5 aromatic rings. The Morgan fingerprint density at radius 1 is 0.557 bits per heavy atom. The van der Waals surface area contributed by atoms with Crippen molar-refractivity contribution in [3.63, 3.8) is 0 Å². The maximum Gasteiger partial charge on any atom is 0.261 e. The number of carbonyl (C=O) groups is 2. The number of benzene rings is 3. The van der Waals surface area contributed by atoms with E-state index in [2.05, 4.69) is 47.1 Å². The molecule has 2 aliphatic carbocycles. The van der Waals surface area contributed by atoms with E-state index >= 15 is 0 Å². The Labute approximate surface area is 421 Å². The van der Waals surface area contributed by atoms with Crippen LogP contribution in [0.25, 0.3) is 23.3 Å². The molecule has 17 heteroatoms. The Kier molecular flexibility index (Phi) is 14.9. The number of carbonyl (C=O) groups excluding carboxylic acids is 2. The molecule has 2 fully saturated rings. The van der Waals surface area contributed by atoms with Crippen molar-refractivity contribution in [3.8, 4) is 0 Å².